The first-order valence-corrected chi connectivity index (χ1v) is 7.63. The summed E-state index contributed by atoms with van der Waals surface area (Å²) in [5.74, 6) is 0.232. The van der Waals surface area contributed by atoms with Crippen molar-refractivity contribution >= 4 is 5.97 Å². The SMILES string of the molecule is O=C(O)CCN1CCN(C2CN3CCC2CC3)CC1. The predicted molar refractivity (Wildman–Crippen MR) is 73.2 cm³/mol. The fourth-order valence-electron chi connectivity index (χ4n) is 3.92. The van der Waals surface area contributed by atoms with Crippen molar-refractivity contribution in [2.45, 2.75) is 25.3 Å². The lowest BCUT2D eigenvalue weighted by atomic mass is 9.83. The Morgan fingerprint density at radius 3 is 2.26 bits per heavy atom. The van der Waals surface area contributed by atoms with Crippen LogP contribution >= 0.6 is 0 Å². The fraction of sp³-hybridized carbons (Fsp3) is 0.929. The van der Waals surface area contributed by atoms with Crippen molar-refractivity contribution in [3.63, 3.8) is 0 Å². The predicted octanol–water partition coefficient (Wildman–Crippen LogP) is 0.173. The molecule has 0 aromatic rings. The maximum atomic E-state index is 10.6. The van der Waals surface area contributed by atoms with Crippen LogP contribution in [0.3, 0.4) is 0 Å². The van der Waals surface area contributed by atoms with Crippen LogP contribution in [-0.2, 0) is 4.79 Å². The molecular formula is C14H25N3O2. The third-order valence-electron chi connectivity index (χ3n) is 5.14. The molecule has 0 aromatic carbocycles. The molecule has 19 heavy (non-hydrogen) atoms. The fourth-order valence-corrected chi connectivity index (χ4v) is 3.92. The van der Waals surface area contributed by atoms with Gasteiger partial charge in [0.25, 0.3) is 0 Å². The van der Waals surface area contributed by atoms with Crippen molar-refractivity contribution in [3.05, 3.63) is 0 Å². The number of fused-ring (bicyclic) bond motifs is 3. The number of carboxylic acids is 1. The maximum absolute atomic E-state index is 10.6. The van der Waals surface area contributed by atoms with Crippen LogP contribution in [-0.4, -0.2) is 84.2 Å². The van der Waals surface area contributed by atoms with Gasteiger partial charge in [-0.1, -0.05) is 0 Å². The van der Waals surface area contributed by atoms with Gasteiger partial charge in [-0.05, 0) is 31.8 Å². The van der Waals surface area contributed by atoms with Crippen LogP contribution in [0.1, 0.15) is 19.3 Å². The van der Waals surface area contributed by atoms with Gasteiger partial charge in [0, 0.05) is 45.3 Å². The molecule has 4 saturated heterocycles. The summed E-state index contributed by atoms with van der Waals surface area (Å²) < 4.78 is 0. The topological polar surface area (TPSA) is 47.0 Å². The van der Waals surface area contributed by atoms with Crippen molar-refractivity contribution in [1.82, 2.24) is 14.7 Å². The van der Waals surface area contributed by atoms with E-state index < -0.39 is 5.97 Å². The van der Waals surface area contributed by atoms with Crippen LogP contribution in [0.25, 0.3) is 0 Å². The lowest BCUT2D eigenvalue weighted by molar-refractivity contribution is -0.137. The highest BCUT2D eigenvalue weighted by Crippen LogP contribution is 2.31. The second kappa shape index (κ2) is 5.77. The number of hydrogen-bond acceptors (Lipinski definition) is 4. The molecule has 0 amide bonds. The van der Waals surface area contributed by atoms with Gasteiger partial charge in [0.05, 0.1) is 6.42 Å². The third kappa shape index (κ3) is 3.09. The molecule has 0 aromatic heterocycles. The van der Waals surface area contributed by atoms with Crippen LogP contribution in [0.4, 0.5) is 0 Å². The molecule has 108 valence electrons. The summed E-state index contributed by atoms with van der Waals surface area (Å²) in [7, 11) is 0. The number of aliphatic carboxylic acids is 1. The summed E-state index contributed by atoms with van der Waals surface area (Å²) in [6.45, 7) is 8.90. The van der Waals surface area contributed by atoms with E-state index in [0.29, 0.717) is 6.54 Å². The lowest BCUT2D eigenvalue weighted by Gasteiger charge is -2.51. The second-order valence-electron chi connectivity index (χ2n) is 6.23. The van der Waals surface area contributed by atoms with Crippen molar-refractivity contribution < 1.29 is 9.90 Å². The van der Waals surface area contributed by atoms with Crippen LogP contribution in [0.5, 0.6) is 0 Å². The van der Waals surface area contributed by atoms with Gasteiger partial charge in [0.1, 0.15) is 0 Å². The average molecular weight is 267 g/mol. The van der Waals surface area contributed by atoms with Crippen LogP contribution in [0.15, 0.2) is 0 Å². The number of carbonyl (C=O) groups is 1. The molecule has 4 heterocycles. The number of piperazine rings is 1. The Hall–Kier alpha value is -0.650. The number of rotatable bonds is 4. The third-order valence-corrected chi connectivity index (χ3v) is 5.14. The molecule has 0 spiro atoms. The first-order valence-electron chi connectivity index (χ1n) is 7.63. The van der Waals surface area contributed by atoms with E-state index in [1.165, 1.54) is 32.5 Å². The number of hydrogen-bond donors (Lipinski definition) is 1. The van der Waals surface area contributed by atoms with Crippen LogP contribution in [0, 0.1) is 5.92 Å². The van der Waals surface area contributed by atoms with Crippen molar-refractivity contribution in [1.29, 1.82) is 0 Å². The Morgan fingerprint density at radius 2 is 1.74 bits per heavy atom. The van der Waals surface area contributed by atoms with E-state index in [4.69, 9.17) is 5.11 Å². The summed E-state index contributed by atoms with van der Waals surface area (Å²) >= 11 is 0. The van der Waals surface area contributed by atoms with Crippen molar-refractivity contribution in [2.24, 2.45) is 5.92 Å². The molecule has 5 heteroatoms. The van der Waals surface area contributed by atoms with Gasteiger partial charge in [0.15, 0.2) is 0 Å². The smallest absolute Gasteiger partial charge is 0.304 e. The summed E-state index contributed by atoms with van der Waals surface area (Å²) in [5, 5.41) is 8.73. The van der Waals surface area contributed by atoms with Crippen LogP contribution < -0.4 is 0 Å². The molecular weight excluding hydrogens is 242 g/mol. The molecule has 1 atom stereocenters. The summed E-state index contributed by atoms with van der Waals surface area (Å²) in [4.78, 5) is 18.2. The molecule has 1 N–H and O–H groups in total. The monoisotopic (exact) mass is 267 g/mol. The summed E-state index contributed by atoms with van der Waals surface area (Å²) in [6.07, 6.45) is 3.04. The van der Waals surface area contributed by atoms with Gasteiger partial charge in [-0.3, -0.25) is 9.69 Å². The van der Waals surface area contributed by atoms with Gasteiger partial charge in [-0.2, -0.15) is 0 Å². The van der Waals surface area contributed by atoms with Crippen molar-refractivity contribution in [2.75, 3.05) is 52.4 Å². The molecule has 2 bridgehead atoms. The molecule has 4 aliphatic rings. The average Bonchev–Trinajstić information content (AvgIpc) is 2.47. The quantitative estimate of drug-likeness (QED) is 0.787. The molecule has 1 unspecified atom stereocenters. The maximum Gasteiger partial charge on any atom is 0.304 e. The highest BCUT2D eigenvalue weighted by molar-refractivity contribution is 5.66. The molecule has 4 rings (SSSR count). The standard InChI is InChI=1S/C14H25N3O2/c18-14(19)3-6-15-7-9-17(10-8-15)13-11-16-4-1-12(13)2-5-16/h12-13H,1-11H2,(H,18,19). The minimum absolute atomic E-state index is 0.278. The van der Waals surface area contributed by atoms with E-state index in [0.717, 1.165) is 38.1 Å². The number of nitrogens with zero attached hydrogens (tertiary/aromatic N) is 3. The van der Waals surface area contributed by atoms with Crippen LogP contribution in [0.2, 0.25) is 0 Å². The van der Waals surface area contributed by atoms with E-state index in [2.05, 4.69) is 14.7 Å². The number of carboxylic acid groups (broad SMARTS) is 1. The first kappa shape index (κ1) is 13.3. The Labute approximate surface area is 115 Å². The molecule has 4 aliphatic heterocycles. The Balaban J connectivity index is 1.46. The molecule has 0 aliphatic carbocycles. The zero-order valence-corrected chi connectivity index (χ0v) is 11.6. The Bertz CT molecular complexity index is 321. The lowest BCUT2D eigenvalue weighted by Crippen LogP contribution is -2.61. The second-order valence-corrected chi connectivity index (χ2v) is 6.23. The van der Waals surface area contributed by atoms with Gasteiger partial charge in [-0.25, -0.2) is 0 Å². The van der Waals surface area contributed by atoms with Gasteiger partial charge < -0.3 is 14.9 Å². The summed E-state index contributed by atoms with van der Waals surface area (Å²) in [6, 6.07) is 0.768. The first-order chi connectivity index (χ1) is 9.22. The normalized spacial score (nSPS) is 36.5. The largest absolute Gasteiger partial charge is 0.481 e. The van der Waals surface area contributed by atoms with E-state index in [-0.39, 0.29) is 6.42 Å². The molecule has 4 fully saturated rings. The zero-order valence-electron chi connectivity index (χ0n) is 11.6. The highest BCUT2D eigenvalue weighted by Gasteiger charge is 2.38. The van der Waals surface area contributed by atoms with E-state index in [1.807, 2.05) is 0 Å². The van der Waals surface area contributed by atoms with Gasteiger partial charge >= 0.3 is 5.97 Å². The van der Waals surface area contributed by atoms with E-state index >= 15 is 0 Å². The van der Waals surface area contributed by atoms with Gasteiger partial charge in [0.2, 0.25) is 0 Å². The molecule has 0 saturated carbocycles. The molecule has 5 nitrogen and oxygen atoms in total. The Kier molecular flexibility index (Phi) is 4.05. The summed E-state index contributed by atoms with van der Waals surface area (Å²) in [5.41, 5.74) is 0. The highest BCUT2D eigenvalue weighted by atomic mass is 16.4. The van der Waals surface area contributed by atoms with Crippen molar-refractivity contribution in [3.8, 4) is 0 Å². The minimum Gasteiger partial charge on any atom is -0.481 e. The van der Waals surface area contributed by atoms with Gasteiger partial charge in [-0.15, -0.1) is 0 Å². The minimum atomic E-state index is -0.681. The molecule has 0 radical (unpaired) electrons. The van der Waals surface area contributed by atoms with E-state index in [1.54, 1.807) is 0 Å². The number of piperidine rings is 3. The Morgan fingerprint density at radius 1 is 1.05 bits per heavy atom. The zero-order chi connectivity index (χ0) is 13.2. The van der Waals surface area contributed by atoms with E-state index in [9.17, 15) is 4.79 Å².